The third-order valence-electron chi connectivity index (χ3n) is 4.60. The first kappa shape index (κ1) is 29.7. The van der Waals surface area contributed by atoms with Gasteiger partial charge in [0, 0.05) is 34.6 Å². The van der Waals surface area contributed by atoms with Crippen molar-refractivity contribution in [2.75, 3.05) is 13.7 Å². The van der Waals surface area contributed by atoms with E-state index in [1.54, 1.807) is 0 Å². The molecule has 7 atom stereocenters. The fraction of sp³-hybridized carbons (Fsp3) is 0.700. The fourth-order valence-electron chi connectivity index (χ4n) is 3.39. The monoisotopic (exact) mass is 509 g/mol. The van der Waals surface area contributed by atoms with E-state index in [-0.39, 0.29) is 0 Å². The first-order valence-electron chi connectivity index (χ1n) is 10.2. The second kappa shape index (κ2) is 12.4. The van der Waals surface area contributed by atoms with Crippen LogP contribution in [0.15, 0.2) is 0 Å². The standard InChI is InChI=1S/C20H28FNO13/c1-8(23)22-14-16(15(33-11(4)26)13(32-10(3)25)7-31-9(2)24)35-20(29,19(28)30-6)18(21)17(14)34-12(5)27/h13-18,29H,7H2,1-6H3,(H,22,23)/t13-,14?,15-,16?,17?,18?,20?/m1/s1. The van der Waals surface area contributed by atoms with E-state index in [0.29, 0.717) is 0 Å². The second-order valence-electron chi connectivity index (χ2n) is 7.50. The van der Waals surface area contributed by atoms with Gasteiger partial charge in [-0.15, -0.1) is 0 Å². The van der Waals surface area contributed by atoms with Crippen molar-refractivity contribution in [1.29, 1.82) is 0 Å². The quantitative estimate of drug-likeness (QED) is 0.268. The molecule has 1 saturated heterocycles. The molecule has 0 aromatic rings. The highest BCUT2D eigenvalue weighted by Gasteiger charge is 2.64. The number of esters is 5. The minimum atomic E-state index is -3.42. The zero-order valence-corrected chi connectivity index (χ0v) is 19.9. The maximum atomic E-state index is 15.4. The maximum absolute atomic E-state index is 15.4. The lowest BCUT2D eigenvalue weighted by atomic mass is 9.86. The maximum Gasteiger partial charge on any atom is 0.369 e. The minimum absolute atomic E-state index is 0.715. The number of rotatable bonds is 9. The highest BCUT2D eigenvalue weighted by molar-refractivity contribution is 5.79. The molecule has 0 bridgehead atoms. The average Bonchev–Trinajstić information content (AvgIpc) is 2.73. The molecule has 15 heteroatoms. The summed E-state index contributed by atoms with van der Waals surface area (Å²) in [5.74, 6) is -9.71. The van der Waals surface area contributed by atoms with Crippen molar-refractivity contribution >= 4 is 35.8 Å². The number of methoxy groups -OCH3 is 1. The van der Waals surface area contributed by atoms with Crippen LogP contribution >= 0.6 is 0 Å². The van der Waals surface area contributed by atoms with Crippen LogP contribution in [0.1, 0.15) is 34.6 Å². The summed E-state index contributed by atoms with van der Waals surface area (Å²) >= 11 is 0. The first-order chi connectivity index (χ1) is 16.1. The number of ether oxygens (including phenoxy) is 6. The summed E-state index contributed by atoms with van der Waals surface area (Å²) in [6.45, 7) is 4.14. The minimum Gasteiger partial charge on any atom is -0.465 e. The lowest BCUT2D eigenvalue weighted by molar-refractivity contribution is -0.323. The van der Waals surface area contributed by atoms with Gasteiger partial charge >= 0.3 is 35.6 Å². The molecule has 14 nitrogen and oxygen atoms in total. The smallest absolute Gasteiger partial charge is 0.369 e. The molecule has 0 aromatic carbocycles. The van der Waals surface area contributed by atoms with Gasteiger partial charge in [-0.05, 0) is 0 Å². The van der Waals surface area contributed by atoms with Crippen LogP contribution < -0.4 is 5.32 Å². The first-order valence-corrected chi connectivity index (χ1v) is 10.2. The number of carbonyl (C=O) groups is 6. The molecule has 0 aliphatic carbocycles. The Morgan fingerprint density at radius 3 is 1.97 bits per heavy atom. The number of carbonyl (C=O) groups excluding carboxylic acids is 6. The van der Waals surface area contributed by atoms with Crippen molar-refractivity contribution in [2.45, 2.75) is 77.0 Å². The Hall–Kier alpha value is -3.33. The highest BCUT2D eigenvalue weighted by atomic mass is 19.1. The number of hydrogen-bond acceptors (Lipinski definition) is 13. The largest absolute Gasteiger partial charge is 0.465 e. The number of aliphatic hydroxyl groups is 1. The third-order valence-corrected chi connectivity index (χ3v) is 4.60. The molecular weight excluding hydrogens is 481 g/mol. The van der Waals surface area contributed by atoms with Gasteiger partial charge in [0.05, 0.1) is 13.2 Å². The Balaban J connectivity index is 3.74. The number of nitrogens with one attached hydrogen (secondary N) is 1. The summed E-state index contributed by atoms with van der Waals surface area (Å²) < 4.78 is 45.1. The summed E-state index contributed by atoms with van der Waals surface area (Å²) in [6.07, 6.45) is -10.3. The lowest BCUT2D eigenvalue weighted by Crippen LogP contribution is -2.73. The van der Waals surface area contributed by atoms with Gasteiger partial charge in [-0.2, -0.15) is 0 Å². The van der Waals surface area contributed by atoms with E-state index >= 15 is 4.39 Å². The summed E-state index contributed by atoms with van der Waals surface area (Å²) in [5.41, 5.74) is 0. The SMILES string of the molecule is COC(=O)C1(O)OC([C@H](OC(C)=O)[C@@H](COC(C)=O)OC(C)=O)C(NC(C)=O)C(OC(C)=O)C1F. The fourth-order valence-corrected chi connectivity index (χ4v) is 3.39. The third kappa shape index (κ3) is 7.85. The highest BCUT2D eigenvalue weighted by Crippen LogP contribution is 2.36. The van der Waals surface area contributed by atoms with Crippen LogP contribution in [0.25, 0.3) is 0 Å². The summed E-state index contributed by atoms with van der Waals surface area (Å²) in [7, 11) is 0.804. The van der Waals surface area contributed by atoms with E-state index in [1.807, 2.05) is 0 Å². The van der Waals surface area contributed by atoms with Gasteiger partial charge in [0.25, 0.3) is 0 Å². The number of amides is 1. The average molecular weight is 509 g/mol. The van der Waals surface area contributed by atoms with Gasteiger partial charge in [0.15, 0.2) is 18.3 Å². The molecule has 1 amide bonds. The van der Waals surface area contributed by atoms with Gasteiger partial charge in [-0.1, -0.05) is 0 Å². The molecule has 1 heterocycles. The zero-order valence-electron chi connectivity index (χ0n) is 19.9. The number of alkyl halides is 1. The van der Waals surface area contributed by atoms with E-state index in [1.165, 1.54) is 0 Å². The normalized spacial score (nSPS) is 27.4. The molecule has 1 aliphatic heterocycles. The summed E-state index contributed by atoms with van der Waals surface area (Å²) in [4.78, 5) is 70.8. The van der Waals surface area contributed by atoms with Crippen LogP contribution in [0, 0.1) is 0 Å². The van der Waals surface area contributed by atoms with Crippen molar-refractivity contribution < 1.29 is 66.7 Å². The van der Waals surface area contributed by atoms with Crippen molar-refractivity contribution in [3.8, 4) is 0 Å². The van der Waals surface area contributed by atoms with Crippen molar-refractivity contribution in [1.82, 2.24) is 5.32 Å². The Morgan fingerprint density at radius 2 is 1.54 bits per heavy atom. The van der Waals surface area contributed by atoms with E-state index < -0.39 is 84.8 Å². The zero-order chi connectivity index (χ0) is 27.1. The second-order valence-corrected chi connectivity index (χ2v) is 7.50. The van der Waals surface area contributed by atoms with E-state index in [2.05, 4.69) is 10.1 Å². The molecule has 1 fully saturated rings. The van der Waals surface area contributed by atoms with Crippen molar-refractivity contribution in [2.24, 2.45) is 0 Å². The van der Waals surface area contributed by atoms with Crippen LogP contribution in [0.2, 0.25) is 0 Å². The Labute approximate surface area is 199 Å². The molecular formula is C20H28FNO13. The Bertz CT molecular complexity index is 849. The van der Waals surface area contributed by atoms with Gasteiger partial charge in [-0.25, -0.2) is 9.18 Å². The number of hydrogen-bond donors (Lipinski definition) is 2. The number of halogens is 1. The topological polar surface area (TPSA) is 190 Å². The Kier molecular flexibility index (Phi) is 10.5. The van der Waals surface area contributed by atoms with Crippen molar-refractivity contribution in [3.05, 3.63) is 0 Å². The van der Waals surface area contributed by atoms with Crippen LogP contribution in [0.5, 0.6) is 0 Å². The lowest BCUT2D eigenvalue weighted by Gasteiger charge is -2.48. The van der Waals surface area contributed by atoms with Crippen LogP contribution in [0.4, 0.5) is 4.39 Å². The van der Waals surface area contributed by atoms with Gasteiger partial charge in [0.1, 0.15) is 12.7 Å². The molecule has 0 saturated carbocycles. The van der Waals surface area contributed by atoms with E-state index in [0.717, 1.165) is 41.7 Å². The molecule has 0 aromatic heterocycles. The predicted molar refractivity (Wildman–Crippen MR) is 108 cm³/mol. The molecule has 0 radical (unpaired) electrons. The molecule has 1 rings (SSSR count). The van der Waals surface area contributed by atoms with Crippen LogP contribution in [-0.2, 0) is 57.2 Å². The molecule has 2 N–H and O–H groups in total. The van der Waals surface area contributed by atoms with Gasteiger partial charge < -0.3 is 38.8 Å². The molecule has 5 unspecified atom stereocenters. The van der Waals surface area contributed by atoms with Gasteiger partial charge in [-0.3, -0.25) is 24.0 Å². The van der Waals surface area contributed by atoms with Crippen LogP contribution in [0.3, 0.4) is 0 Å². The summed E-state index contributed by atoms with van der Waals surface area (Å²) in [5, 5.41) is 13.0. The van der Waals surface area contributed by atoms with E-state index in [9.17, 15) is 33.9 Å². The molecule has 0 spiro atoms. The van der Waals surface area contributed by atoms with Crippen LogP contribution in [-0.4, -0.2) is 97.0 Å². The molecule has 1 aliphatic rings. The van der Waals surface area contributed by atoms with Gasteiger partial charge in [0.2, 0.25) is 12.1 Å². The summed E-state index contributed by atoms with van der Waals surface area (Å²) in [6, 6.07) is -1.71. The molecule has 198 valence electrons. The Morgan fingerprint density at radius 1 is 0.971 bits per heavy atom. The van der Waals surface area contributed by atoms with E-state index in [4.69, 9.17) is 23.7 Å². The van der Waals surface area contributed by atoms with Crippen molar-refractivity contribution in [3.63, 3.8) is 0 Å². The molecule has 35 heavy (non-hydrogen) atoms. The predicted octanol–water partition coefficient (Wildman–Crippen LogP) is -1.55.